The maximum atomic E-state index is 11.2. The normalized spacial score (nSPS) is 44.3. The quantitative estimate of drug-likeness (QED) is 0.0552. The summed E-state index contributed by atoms with van der Waals surface area (Å²) in [5, 5.41) is 55.7. The lowest BCUT2D eigenvalue weighted by Gasteiger charge is -2.47. The standard InChI is InChI=1S/2C20H31NO3.3C19H29NO3/c2*1-20(2,3)11-14-12-21-7-6-13-8-18(23-4)19(24-5)9-15(13)16(21)10-17(14)22;3*1-12(2)7-14-11-20-6-5-13-8-18(22-3)19(23-4)9-15(13)16(20)10-17(14)21/h2*8-9,14,16-17,22H,6-7,10-12H2,1-5H3;3*8-9,12,14,16-17,21H,5-7,10-11H2,1-4H3/i1D3,2D3,5D3,8D,9D,11D2,12D2,16D;1D3,2D3,8D,9D,11D2,12D2,16D;4D3,8D,9D,10D2,11D2,14D,16D,17D;8D,9D,10D2,11D2,14D,16D,17D;4D3,8D,9D,11D2,16D. The van der Waals surface area contributed by atoms with Crippen molar-refractivity contribution in [3.05, 3.63) is 116 Å². The van der Waals surface area contributed by atoms with Gasteiger partial charge in [0.1, 0.15) is 0 Å². The van der Waals surface area contributed by atoms with Crippen LogP contribution in [0.4, 0.5) is 0 Å². The van der Waals surface area contributed by atoms with Crippen LogP contribution in [-0.2, 0) is 32.1 Å². The van der Waals surface area contributed by atoms with Crippen molar-refractivity contribution in [3.63, 3.8) is 0 Å². The molecule has 10 aliphatic heterocycles. The van der Waals surface area contributed by atoms with Gasteiger partial charge in [0.15, 0.2) is 57.5 Å². The minimum Gasteiger partial charge on any atom is -0.493 e. The van der Waals surface area contributed by atoms with E-state index in [1.54, 1.807) is 27.7 Å². The molecule has 0 bridgehead atoms. The second-order valence-corrected chi connectivity index (χ2v) is 30.8. The summed E-state index contributed by atoms with van der Waals surface area (Å²) in [6, 6.07) is -16.5. The molecule has 5 saturated heterocycles. The third kappa shape index (κ3) is 22.0. The molecule has 0 radical (unpaired) electrons. The second kappa shape index (κ2) is 40.1. The number of rotatable bonds is 18. The van der Waals surface area contributed by atoms with E-state index in [2.05, 4.69) is 0 Å². The molecule has 15 unspecified atom stereocenters. The topological polar surface area (TPSA) is 210 Å². The van der Waals surface area contributed by atoms with Crippen molar-refractivity contribution in [3.8, 4) is 57.5 Å². The molecule has 20 nitrogen and oxygen atoms in total. The lowest BCUT2D eigenvalue weighted by Crippen LogP contribution is -2.48. The maximum absolute atomic E-state index is 11.2. The number of fused-ring (bicyclic) bond motifs is 15. The smallest absolute Gasteiger partial charge is 0.161 e. The van der Waals surface area contributed by atoms with Crippen molar-refractivity contribution in [1.82, 2.24) is 24.5 Å². The van der Waals surface area contributed by atoms with E-state index in [0.29, 0.717) is 30.7 Å². The average molecular weight is 1680 g/mol. The number of hydrogen-bond donors (Lipinski definition) is 5. The highest BCUT2D eigenvalue weighted by molar-refractivity contribution is 5.54. The Morgan fingerprint density at radius 3 is 0.863 bits per heavy atom. The van der Waals surface area contributed by atoms with Crippen molar-refractivity contribution < 1.29 is 152 Å². The highest BCUT2D eigenvalue weighted by Crippen LogP contribution is 2.51. The van der Waals surface area contributed by atoms with Gasteiger partial charge in [-0.2, -0.15) is 0 Å². The molecule has 10 heterocycles. The lowest BCUT2D eigenvalue weighted by molar-refractivity contribution is -0.0259. The molecule has 20 heteroatoms. The number of benzene rings is 5. The maximum Gasteiger partial charge on any atom is 0.161 e. The van der Waals surface area contributed by atoms with Crippen LogP contribution in [0, 0.1) is 58.1 Å². The first-order valence-electron chi connectivity index (χ1n) is 67.6. The molecule has 15 rings (SSSR count). The SMILES string of the molecule is [2H]c1c2c(c([2H])c(OC([2H])([2H])[2H])c1OC)C1([2H])CC(O)C(C([2H])([2H])C(C)(C([2H])([2H])[2H])C([2H])([2H])[2H])C([2H])([2H])N1CC2.[2H]c1c2c(c([2H])c(OC([2H])([2H])[2H])c1OC)C1([2H])CC(O)C(CC(C)C)C([2H])([2H])N1CC2.[2H]c1c2c(c([2H])c(OC([2H])([2H])[2H])c1OC)C1([2H])N(CC2)C([2H])([2H])C([2H])(CC(C)C)C([2H])(O)C1([2H])[2H].[2H]c1c2c(c([2H])c(OC)c1OC)C1([2H])CC(O)C(C([2H])([2H])C(C)(C([2H])([2H])[2H])C([2H])([2H])[2H])C([2H])([2H])N1CC2.[2H]c1c2c(c([2H])c(OC)c1OC)C1([2H])N(CC2)C([2H])([2H])C([2H])(CC(C)C)C([2H])(O)C1([2H])[2H]. The Kier molecular flexibility index (Phi) is 14.3. The van der Waals surface area contributed by atoms with E-state index in [0.717, 1.165) is 28.9 Å². The zero-order valence-corrected chi connectivity index (χ0v) is 68.6. The summed E-state index contributed by atoms with van der Waals surface area (Å²) in [5.41, 5.74) is -7.11. The first-order chi connectivity index (χ1) is 78.5. The molecule has 5 N–H and O–H groups in total. The highest BCUT2D eigenvalue weighted by atomic mass is 16.5. The number of aliphatic hydroxyl groups excluding tert-OH is 3. The summed E-state index contributed by atoms with van der Waals surface area (Å²) < 4.78 is 538. The van der Waals surface area contributed by atoms with Crippen molar-refractivity contribution in [1.29, 1.82) is 0 Å². The van der Waals surface area contributed by atoms with Crippen LogP contribution >= 0.6 is 0 Å². The molecule has 10 aliphatic rings. The summed E-state index contributed by atoms with van der Waals surface area (Å²) in [6.45, 7) is -16.7. The zero-order valence-electron chi connectivity index (χ0n) is 127. The predicted octanol–water partition coefficient (Wildman–Crippen LogP) is 15.9. The van der Waals surface area contributed by atoms with Crippen LogP contribution in [0.25, 0.3) is 0 Å². The Labute approximate surface area is 783 Å². The summed E-state index contributed by atoms with van der Waals surface area (Å²) in [4.78, 5) is 4.57. The minimum absolute atomic E-state index is 0.00489. The molecule has 652 valence electrons. The Hall–Kier alpha value is -6.30. The number of aliphatic hydroxyl groups is 5. The number of hydrogen-bond acceptors (Lipinski definition) is 20. The largest absolute Gasteiger partial charge is 0.493 e. The van der Waals surface area contributed by atoms with Crippen molar-refractivity contribution in [2.45, 2.75) is 239 Å². The number of piperidine rings is 5. The summed E-state index contributed by atoms with van der Waals surface area (Å²) in [6.07, 6.45) is -27.6. The predicted molar refractivity (Wildman–Crippen MR) is 465 cm³/mol. The van der Waals surface area contributed by atoms with E-state index < -0.39 is 303 Å². The van der Waals surface area contributed by atoms with Crippen LogP contribution in [0.5, 0.6) is 57.5 Å². The van der Waals surface area contributed by atoms with Gasteiger partial charge in [-0.05, 0) is 270 Å². The third-order valence-corrected chi connectivity index (χ3v) is 20.4. The second-order valence-electron chi connectivity index (χ2n) is 30.8. The summed E-state index contributed by atoms with van der Waals surface area (Å²) in [7, 11) is -0.563. The van der Waals surface area contributed by atoms with E-state index >= 15 is 0 Å². The molecule has 0 amide bonds. The van der Waals surface area contributed by atoms with Crippen LogP contribution < -0.4 is 47.4 Å². The van der Waals surface area contributed by atoms with Crippen LogP contribution in [0.3, 0.4) is 0 Å². The molecule has 5 fully saturated rings. The van der Waals surface area contributed by atoms with Gasteiger partial charge in [-0.3, -0.25) is 24.5 Å². The van der Waals surface area contributed by atoms with Gasteiger partial charge in [0.2, 0.25) is 0 Å². The first-order valence-corrected chi connectivity index (χ1v) is 38.6. The van der Waals surface area contributed by atoms with Gasteiger partial charge in [0.25, 0.3) is 0 Å². The molecular weight excluding hydrogens is 1480 g/mol. The van der Waals surface area contributed by atoms with Crippen molar-refractivity contribution >= 4 is 0 Å². The van der Waals surface area contributed by atoms with Crippen LogP contribution in [-0.4, -0.2) is 217 Å². The summed E-state index contributed by atoms with van der Waals surface area (Å²) >= 11 is 0. The Bertz CT molecular complexity index is 6880. The van der Waals surface area contributed by atoms with Gasteiger partial charge in [-0.25, -0.2) is 0 Å². The van der Waals surface area contributed by atoms with Crippen LogP contribution in [0.1, 0.15) is 312 Å². The van der Waals surface area contributed by atoms with Gasteiger partial charge in [0.05, 0.1) is 137 Å². The fourth-order valence-electron chi connectivity index (χ4n) is 15.1. The molecule has 15 atom stereocenters. The van der Waals surface area contributed by atoms with Crippen molar-refractivity contribution in [2.24, 2.45) is 58.1 Å². The van der Waals surface area contributed by atoms with E-state index in [1.807, 2.05) is 13.8 Å². The Morgan fingerprint density at radius 2 is 0.607 bits per heavy atom. The molecule has 0 spiro atoms. The number of nitrogens with zero attached hydrogens (tertiary/aromatic N) is 5. The van der Waals surface area contributed by atoms with Gasteiger partial charge < -0.3 is 72.9 Å². The van der Waals surface area contributed by atoms with E-state index in [9.17, 15) is 32.4 Å². The zero-order chi connectivity index (χ0) is 135. The molecule has 0 aromatic heterocycles. The molecule has 0 saturated carbocycles. The van der Waals surface area contributed by atoms with Gasteiger partial charge in [-0.15, -0.1) is 0 Å². The lowest BCUT2D eigenvalue weighted by atomic mass is 9.75. The highest BCUT2D eigenvalue weighted by Gasteiger charge is 2.45. The van der Waals surface area contributed by atoms with E-state index in [-0.39, 0.29) is 187 Å². The number of methoxy groups -OCH3 is 10. The molecule has 5 aromatic carbocycles. The monoisotopic (exact) mass is 1680 g/mol. The molecule has 5 aromatic rings. The van der Waals surface area contributed by atoms with E-state index in [1.165, 1.54) is 40.4 Å². The molecule has 117 heavy (non-hydrogen) atoms. The van der Waals surface area contributed by atoms with Gasteiger partial charge >= 0.3 is 0 Å². The summed E-state index contributed by atoms with van der Waals surface area (Å²) in [5.74, 6) is -14.6. The fourth-order valence-corrected chi connectivity index (χ4v) is 15.1. The average Bonchev–Trinajstić information content (AvgIpc) is 0.653. The minimum atomic E-state index is -3.49. The van der Waals surface area contributed by atoms with Crippen molar-refractivity contribution in [2.75, 3.05) is 136 Å². The Balaban J connectivity index is 0.000000204. The van der Waals surface area contributed by atoms with Crippen LogP contribution in [0.2, 0.25) is 0 Å². The van der Waals surface area contributed by atoms with Gasteiger partial charge in [0, 0.05) is 139 Å². The molecule has 0 aliphatic carbocycles. The fraction of sp³-hybridized carbons (Fsp3) is 0.691. The molecular formula is C97H149N5O15. The number of ether oxygens (including phenoxy) is 10. The van der Waals surface area contributed by atoms with Gasteiger partial charge in [-0.1, -0.05) is 82.8 Å². The Morgan fingerprint density at radius 1 is 0.368 bits per heavy atom. The first kappa shape index (κ1) is 41.7. The van der Waals surface area contributed by atoms with Crippen LogP contribution in [0.15, 0.2) is 60.4 Å². The third-order valence-electron chi connectivity index (χ3n) is 20.4. The van der Waals surface area contributed by atoms with E-state index in [4.69, 9.17) is 120 Å².